The molecule has 0 spiro atoms. The maximum absolute atomic E-state index is 13.2. The van der Waals surface area contributed by atoms with E-state index in [0.29, 0.717) is 6.42 Å². The Morgan fingerprint density at radius 3 is 1.14 bits per heavy atom. The van der Waals surface area contributed by atoms with Crippen molar-refractivity contribution in [1.29, 1.82) is 0 Å². The summed E-state index contributed by atoms with van der Waals surface area (Å²) in [4.78, 5) is 13.2. The molecular formula is C67H129NO13. The van der Waals surface area contributed by atoms with E-state index < -0.39 is 86.8 Å². The summed E-state index contributed by atoms with van der Waals surface area (Å²) < 4.78 is 22.7. The molecule has 2 heterocycles. The standard InChI is InChI=1S/C67H129NO13/c1-3-5-7-9-11-13-14-15-16-17-18-19-20-21-22-23-24-25-26-27-28-29-30-31-32-33-34-35-36-37-38-39-40-41-43-45-47-49-51-59(72)68-55(56(71)50-48-46-44-42-12-10-8-6-4-2)54-78-66-64(77)62(75)65(58(53-70)80-66)81-67-63(76)61(74)60(73)57(52-69)79-67/h48,50,55-58,60-67,69-71,73-77H,3-47,49,51-54H2,1-2H3,(H,68,72)/b50-48+. The van der Waals surface area contributed by atoms with Crippen molar-refractivity contribution >= 4 is 5.91 Å². The van der Waals surface area contributed by atoms with Gasteiger partial charge in [0.15, 0.2) is 12.6 Å². The molecule has 1 amide bonds. The van der Waals surface area contributed by atoms with Crippen molar-refractivity contribution in [3.05, 3.63) is 12.2 Å². The number of aliphatic hydroxyl groups excluding tert-OH is 8. The Morgan fingerprint density at radius 2 is 0.765 bits per heavy atom. The fraction of sp³-hybridized carbons (Fsp3) is 0.955. The van der Waals surface area contributed by atoms with Gasteiger partial charge in [-0.2, -0.15) is 0 Å². The van der Waals surface area contributed by atoms with Crippen LogP contribution in [-0.4, -0.2) is 140 Å². The van der Waals surface area contributed by atoms with Gasteiger partial charge in [-0.05, 0) is 19.3 Å². The molecule has 14 heteroatoms. The minimum atomic E-state index is -1.78. The number of hydrogen-bond acceptors (Lipinski definition) is 13. The highest BCUT2D eigenvalue weighted by Crippen LogP contribution is 2.30. The Balaban J connectivity index is 1.50. The van der Waals surface area contributed by atoms with Gasteiger partial charge in [-0.1, -0.05) is 302 Å². The molecule has 2 aliphatic rings. The summed E-state index contributed by atoms with van der Waals surface area (Å²) in [7, 11) is 0. The number of hydrogen-bond donors (Lipinski definition) is 9. The van der Waals surface area contributed by atoms with Gasteiger partial charge in [0, 0.05) is 6.42 Å². The third-order valence-corrected chi connectivity index (χ3v) is 17.2. The molecular weight excluding hydrogens is 1030 g/mol. The van der Waals surface area contributed by atoms with E-state index >= 15 is 0 Å². The Kier molecular flexibility index (Phi) is 49.6. The predicted octanol–water partition coefficient (Wildman–Crippen LogP) is 13.4. The van der Waals surface area contributed by atoms with E-state index in [2.05, 4.69) is 19.2 Å². The van der Waals surface area contributed by atoms with Crippen molar-refractivity contribution in [1.82, 2.24) is 5.32 Å². The lowest BCUT2D eigenvalue weighted by Crippen LogP contribution is -2.65. The monoisotopic (exact) mass is 1160 g/mol. The van der Waals surface area contributed by atoms with Crippen LogP contribution in [0.3, 0.4) is 0 Å². The number of ether oxygens (including phenoxy) is 4. The lowest BCUT2D eigenvalue weighted by Gasteiger charge is -2.46. The largest absolute Gasteiger partial charge is 0.394 e. The van der Waals surface area contributed by atoms with Crippen molar-refractivity contribution in [3.8, 4) is 0 Å². The van der Waals surface area contributed by atoms with Crippen LogP contribution in [0.1, 0.15) is 316 Å². The summed E-state index contributed by atoms with van der Waals surface area (Å²) in [5.41, 5.74) is 0. The normalized spacial score (nSPS) is 24.1. The molecule has 2 aliphatic heterocycles. The second-order valence-corrected chi connectivity index (χ2v) is 24.7. The van der Waals surface area contributed by atoms with Crippen LogP contribution < -0.4 is 5.32 Å². The molecule has 2 fully saturated rings. The van der Waals surface area contributed by atoms with Crippen LogP contribution in [-0.2, 0) is 23.7 Å². The summed E-state index contributed by atoms with van der Waals surface area (Å²) in [5, 5.41) is 86.9. The molecule has 0 saturated carbocycles. The lowest BCUT2D eigenvalue weighted by molar-refractivity contribution is -0.359. The number of allylic oxidation sites excluding steroid dienone is 1. The second-order valence-electron chi connectivity index (χ2n) is 24.7. The second kappa shape index (κ2) is 53.0. The van der Waals surface area contributed by atoms with Crippen molar-refractivity contribution in [2.75, 3.05) is 19.8 Å². The third kappa shape index (κ3) is 37.8. The highest BCUT2D eigenvalue weighted by Gasteiger charge is 2.51. The summed E-state index contributed by atoms with van der Waals surface area (Å²) in [6.45, 7) is 2.79. The quantitative estimate of drug-likeness (QED) is 0.0204. The lowest BCUT2D eigenvalue weighted by atomic mass is 9.97. The summed E-state index contributed by atoms with van der Waals surface area (Å²) in [5.74, 6) is -0.235. The highest BCUT2D eigenvalue weighted by molar-refractivity contribution is 5.76. The molecule has 12 unspecified atom stereocenters. The van der Waals surface area contributed by atoms with Crippen molar-refractivity contribution in [2.24, 2.45) is 0 Å². The zero-order valence-electron chi connectivity index (χ0n) is 52.1. The van der Waals surface area contributed by atoms with Crippen molar-refractivity contribution < 1.29 is 64.6 Å². The van der Waals surface area contributed by atoms with Crippen LogP contribution in [0, 0.1) is 0 Å². The van der Waals surface area contributed by atoms with E-state index in [1.165, 1.54) is 250 Å². The fourth-order valence-electron chi connectivity index (χ4n) is 11.7. The van der Waals surface area contributed by atoms with E-state index in [1.54, 1.807) is 6.08 Å². The molecule has 0 aromatic carbocycles. The predicted molar refractivity (Wildman–Crippen MR) is 328 cm³/mol. The smallest absolute Gasteiger partial charge is 0.220 e. The Bertz CT molecular complexity index is 1410. The number of carbonyl (C=O) groups excluding carboxylic acids is 1. The van der Waals surface area contributed by atoms with E-state index in [9.17, 15) is 45.6 Å². The van der Waals surface area contributed by atoms with Crippen molar-refractivity contribution in [3.63, 3.8) is 0 Å². The van der Waals surface area contributed by atoms with E-state index in [4.69, 9.17) is 18.9 Å². The Morgan fingerprint density at radius 1 is 0.432 bits per heavy atom. The van der Waals surface area contributed by atoms with Crippen LogP contribution in [0.4, 0.5) is 0 Å². The van der Waals surface area contributed by atoms with Gasteiger partial charge in [0.25, 0.3) is 0 Å². The minimum absolute atomic E-state index is 0.235. The average Bonchev–Trinajstić information content (AvgIpc) is 3.50. The topological polar surface area (TPSA) is 228 Å². The number of carbonyl (C=O) groups is 1. The molecule has 2 rings (SSSR count). The van der Waals surface area contributed by atoms with Gasteiger partial charge in [-0.25, -0.2) is 0 Å². The number of nitrogens with one attached hydrogen (secondary N) is 1. The first-order valence-electron chi connectivity index (χ1n) is 34.4. The number of aliphatic hydroxyl groups is 8. The highest BCUT2D eigenvalue weighted by atomic mass is 16.7. The molecule has 0 aliphatic carbocycles. The van der Waals surface area contributed by atoms with Crippen molar-refractivity contribution in [2.45, 2.75) is 389 Å². The maximum atomic E-state index is 13.2. The molecule has 480 valence electrons. The average molecular weight is 1160 g/mol. The molecule has 0 aromatic heterocycles. The summed E-state index contributed by atoms with van der Waals surface area (Å²) in [6, 6.07) is -0.908. The molecule has 9 N–H and O–H groups in total. The van der Waals surface area contributed by atoms with Crippen LogP contribution in [0.2, 0.25) is 0 Å². The minimum Gasteiger partial charge on any atom is -0.394 e. The van der Waals surface area contributed by atoms with Crippen LogP contribution in [0.5, 0.6) is 0 Å². The van der Waals surface area contributed by atoms with Gasteiger partial charge in [-0.3, -0.25) is 4.79 Å². The Labute approximate surface area is 495 Å². The number of unbranched alkanes of at least 4 members (excludes halogenated alkanes) is 44. The van der Waals surface area contributed by atoms with Gasteiger partial charge in [0.05, 0.1) is 32.0 Å². The molecule has 0 bridgehead atoms. The van der Waals surface area contributed by atoms with Gasteiger partial charge in [-0.15, -0.1) is 0 Å². The van der Waals surface area contributed by atoms with Crippen LogP contribution >= 0.6 is 0 Å². The van der Waals surface area contributed by atoms with E-state index in [1.807, 2.05) is 6.08 Å². The first-order chi connectivity index (χ1) is 39.6. The molecule has 0 radical (unpaired) electrons. The number of amides is 1. The third-order valence-electron chi connectivity index (χ3n) is 17.2. The number of rotatable bonds is 57. The van der Waals surface area contributed by atoms with E-state index in [0.717, 1.165) is 38.5 Å². The van der Waals surface area contributed by atoms with Gasteiger partial charge >= 0.3 is 0 Å². The molecule has 2 saturated heterocycles. The van der Waals surface area contributed by atoms with Gasteiger partial charge in [0.2, 0.25) is 5.91 Å². The first-order valence-corrected chi connectivity index (χ1v) is 34.4. The maximum Gasteiger partial charge on any atom is 0.220 e. The molecule has 81 heavy (non-hydrogen) atoms. The first kappa shape index (κ1) is 75.8. The van der Waals surface area contributed by atoms with Crippen LogP contribution in [0.15, 0.2) is 12.2 Å². The van der Waals surface area contributed by atoms with Gasteiger partial charge < -0.3 is 65.1 Å². The molecule has 12 atom stereocenters. The fourth-order valence-corrected chi connectivity index (χ4v) is 11.7. The van der Waals surface area contributed by atoms with Crippen LogP contribution in [0.25, 0.3) is 0 Å². The zero-order valence-corrected chi connectivity index (χ0v) is 52.1. The Hall–Kier alpha value is -1.27. The molecule has 14 nitrogen and oxygen atoms in total. The van der Waals surface area contributed by atoms with E-state index in [-0.39, 0.29) is 18.9 Å². The zero-order chi connectivity index (χ0) is 58.8. The summed E-state index contributed by atoms with van der Waals surface area (Å²) in [6.07, 6.45) is 47.6. The van der Waals surface area contributed by atoms with Gasteiger partial charge in [0.1, 0.15) is 48.8 Å². The molecule has 0 aromatic rings. The SMILES string of the molecule is CCCCCCCCC/C=C/C(O)C(COC1OC(CO)C(OC2OC(CO)C(O)C(O)C2O)C(O)C1O)NC(=O)CCCCCCCCCCCCCCCCCCCCCCCCCCCCCCCCCCCCCCCC. The summed E-state index contributed by atoms with van der Waals surface area (Å²) >= 11 is 0.